The largest absolute Gasteiger partial charge is 0.506 e. The van der Waals surface area contributed by atoms with Gasteiger partial charge in [0.05, 0.1) is 13.4 Å². The van der Waals surface area contributed by atoms with Crippen LogP contribution in [0.25, 0.3) is 5.00 Å². The van der Waals surface area contributed by atoms with E-state index < -0.39 is 5.97 Å². The second-order valence-corrected chi connectivity index (χ2v) is 4.17. The fourth-order valence-electron chi connectivity index (χ4n) is 1.35. The third kappa shape index (κ3) is 1.57. The van der Waals surface area contributed by atoms with E-state index >= 15 is 0 Å². The zero-order chi connectivity index (χ0) is 11.7. The van der Waals surface area contributed by atoms with Crippen molar-refractivity contribution < 1.29 is 14.6 Å². The van der Waals surface area contributed by atoms with Crippen molar-refractivity contribution in [3.05, 3.63) is 29.2 Å². The summed E-state index contributed by atoms with van der Waals surface area (Å²) in [5, 5.41) is 10.6. The molecule has 0 saturated carbocycles. The van der Waals surface area contributed by atoms with E-state index in [9.17, 15) is 9.90 Å². The molecule has 2 rings (SSSR count). The quantitative estimate of drug-likeness (QED) is 0.809. The molecule has 84 valence electrons. The Morgan fingerprint density at radius 3 is 2.94 bits per heavy atom. The summed E-state index contributed by atoms with van der Waals surface area (Å²) in [6.07, 6.45) is 4.99. The van der Waals surface area contributed by atoms with Crippen LogP contribution >= 0.6 is 11.3 Å². The van der Waals surface area contributed by atoms with Gasteiger partial charge in [-0.15, -0.1) is 11.3 Å². The summed E-state index contributed by atoms with van der Waals surface area (Å²) >= 11 is 1.17. The van der Waals surface area contributed by atoms with E-state index in [0.717, 1.165) is 5.00 Å². The van der Waals surface area contributed by atoms with Crippen molar-refractivity contribution in [2.45, 2.75) is 6.92 Å². The van der Waals surface area contributed by atoms with E-state index in [2.05, 4.69) is 9.72 Å². The minimum absolute atomic E-state index is 0.0273. The van der Waals surface area contributed by atoms with Crippen molar-refractivity contribution >= 4 is 17.3 Å². The first-order valence-electron chi connectivity index (χ1n) is 4.54. The maximum absolute atomic E-state index is 11.4. The topological polar surface area (TPSA) is 64.4 Å². The summed E-state index contributed by atoms with van der Waals surface area (Å²) < 4.78 is 6.33. The fourth-order valence-corrected chi connectivity index (χ4v) is 2.42. The first-order valence-corrected chi connectivity index (χ1v) is 5.35. The van der Waals surface area contributed by atoms with Crippen LogP contribution < -0.4 is 0 Å². The second-order valence-electron chi connectivity index (χ2n) is 3.17. The Morgan fingerprint density at radius 1 is 1.62 bits per heavy atom. The molecule has 0 unspecified atom stereocenters. The van der Waals surface area contributed by atoms with Crippen molar-refractivity contribution in [1.82, 2.24) is 9.55 Å². The van der Waals surface area contributed by atoms with E-state index in [-0.39, 0.29) is 10.6 Å². The van der Waals surface area contributed by atoms with Crippen LogP contribution in [0.1, 0.15) is 15.2 Å². The molecule has 1 N–H and O–H groups in total. The molecular weight excluding hydrogens is 228 g/mol. The molecule has 5 nitrogen and oxygen atoms in total. The fraction of sp³-hybridized carbons (Fsp3) is 0.200. The lowest BCUT2D eigenvalue weighted by Gasteiger charge is -1.97. The van der Waals surface area contributed by atoms with Gasteiger partial charge in [-0.05, 0) is 6.92 Å². The Morgan fingerprint density at radius 2 is 2.38 bits per heavy atom. The second kappa shape index (κ2) is 3.97. The maximum atomic E-state index is 11.4. The highest BCUT2D eigenvalue weighted by Crippen LogP contribution is 2.36. The molecule has 0 spiro atoms. The SMILES string of the molecule is COC(=O)c1sc(-n2ccnc2)c(C)c1O. The predicted molar refractivity (Wildman–Crippen MR) is 59.2 cm³/mol. The lowest BCUT2D eigenvalue weighted by atomic mass is 10.3. The van der Waals surface area contributed by atoms with Crippen molar-refractivity contribution in [3.8, 4) is 10.8 Å². The van der Waals surface area contributed by atoms with E-state index in [0.29, 0.717) is 5.56 Å². The number of hydrogen-bond acceptors (Lipinski definition) is 5. The molecule has 0 aliphatic carbocycles. The molecule has 2 aromatic rings. The molecule has 0 aromatic carbocycles. The number of nitrogens with zero attached hydrogens (tertiary/aromatic N) is 2. The predicted octanol–water partition coefficient (Wildman–Crippen LogP) is 1.73. The summed E-state index contributed by atoms with van der Waals surface area (Å²) in [5.41, 5.74) is 0.642. The molecule has 0 atom stereocenters. The van der Waals surface area contributed by atoms with E-state index in [1.807, 2.05) is 0 Å². The van der Waals surface area contributed by atoms with Gasteiger partial charge < -0.3 is 9.84 Å². The van der Waals surface area contributed by atoms with Gasteiger partial charge in [0.25, 0.3) is 0 Å². The van der Waals surface area contributed by atoms with Crippen LogP contribution in [0, 0.1) is 6.92 Å². The number of aromatic nitrogens is 2. The number of methoxy groups -OCH3 is 1. The van der Waals surface area contributed by atoms with Crippen LogP contribution in [-0.2, 0) is 4.74 Å². The summed E-state index contributed by atoms with van der Waals surface area (Å²) in [6.45, 7) is 1.74. The Kier molecular flexibility index (Phi) is 2.66. The molecule has 16 heavy (non-hydrogen) atoms. The zero-order valence-electron chi connectivity index (χ0n) is 8.80. The van der Waals surface area contributed by atoms with Gasteiger partial charge in [0.2, 0.25) is 0 Å². The Hall–Kier alpha value is -1.82. The van der Waals surface area contributed by atoms with E-state index in [4.69, 9.17) is 0 Å². The lowest BCUT2D eigenvalue weighted by molar-refractivity contribution is 0.0603. The molecule has 2 aromatic heterocycles. The number of esters is 1. The molecular formula is C10H10N2O3S. The van der Waals surface area contributed by atoms with Gasteiger partial charge in [0.15, 0.2) is 4.88 Å². The molecule has 0 aliphatic rings. The third-order valence-corrected chi connectivity index (χ3v) is 3.47. The van der Waals surface area contributed by atoms with Gasteiger partial charge in [-0.3, -0.25) is 4.57 Å². The van der Waals surface area contributed by atoms with E-state index in [1.165, 1.54) is 18.4 Å². The normalized spacial score (nSPS) is 10.4. The number of rotatable bonds is 2. The van der Waals surface area contributed by atoms with Crippen molar-refractivity contribution in [2.75, 3.05) is 7.11 Å². The maximum Gasteiger partial charge on any atom is 0.351 e. The average molecular weight is 238 g/mol. The van der Waals surface area contributed by atoms with Crippen molar-refractivity contribution in [3.63, 3.8) is 0 Å². The average Bonchev–Trinajstić information content (AvgIpc) is 2.89. The van der Waals surface area contributed by atoms with Crippen LogP contribution in [-0.4, -0.2) is 27.7 Å². The number of hydrogen-bond donors (Lipinski definition) is 1. The van der Waals surface area contributed by atoms with Crippen LogP contribution in [0.3, 0.4) is 0 Å². The smallest absolute Gasteiger partial charge is 0.351 e. The third-order valence-electron chi connectivity index (χ3n) is 2.20. The highest BCUT2D eigenvalue weighted by atomic mass is 32.1. The lowest BCUT2D eigenvalue weighted by Crippen LogP contribution is -1.97. The summed E-state index contributed by atoms with van der Waals surface area (Å²) in [7, 11) is 1.29. The molecule has 0 radical (unpaired) electrons. The highest BCUT2D eigenvalue weighted by molar-refractivity contribution is 7.17. The number of ether oxygens (including phenoxy) is 1. The van der Waals surface area contributed by atoms with Gasteiger partial charge in [0.1, 0.15) is 10.8 Å². The first kappa shape index (κ1) is 10.7. The molecule has 0 aliphatic heterocycles. The molecule has 0 fully saturated rings. The van der Waals surface area contributed by atoms with Crippen LogP contribution in [0.4, 0.5) is 0 Å². The minimum Gasteiger partial charge on any atom is -0.506 e. The van der Waals surface area contributed by atoms with Crippen LogP contribution in [0.2, 0.25) is 0 Å². The summed E-state index contributed by atoms with van der Waals surface area (Å²) in [5.74, 6) is -0.558. The first-order chi connectivity index (χ1) is 7.65. The standard InChI is InChI=1S/C10H10N2O3S/c1-6-7(13)8(10(14)15-2)16-9(6)12-4-3-11-5-12/h3-5,13H,1-2H3. The molecule has 0 bridgehead atoms. The molecule has 0 amide bonds. The zero-order valence-corrected chi connectivity index (χ0v) is 9.61. The van der Waals surface area contributed by atoms with Crippen LogP contribution in [0.15, 0.2) is 18.7 Å². The number of imidazole rings is 1. The molecule has 0 saturated heterocycles. The Bertz CT molecular complexity index is 516. The molecule has 6 heteroatoms. The minimum atomic E-state index is -0.531. The van der Waals surface area contributed by atoms with E-state index in [1.54, 1.807) is 30.2 Å². The number of carbonyl (C=O) groups is 1. The van der Waals surface area contributed by atoms with Gasteiger partial charge in [-0.25, -0.2) is 9.78 Å². The number of thiophene rings is 1. The highest BCUT2D eigenvalue weighted by Gasteiger charge is 2.21. The number of aromatic hydroxyl groups is 1. The van der Waals surface area contributed by atoms with Gasteiger partial charge in [0, 0.05) is 18.0 Å². The van der Waals surface area contributed by atoms with Crippen molar-refractivity contribution in [2.24, 2.45) is 0 Å². The Balaban J connectivity index is 2.54. The monoisotopic (exact) mass is 238 g/mol. The van der Waals surface area contributed by atoms with Gasteiger partial charge in [-0.1, -0.05) is 0 Å². The van der Waals surface area contributed by atoms with Gasteiger partial charge >= 0.3 is 5.97 Å². The Labute approximate surface area is 95.9 Å². The van der Waals surface area contributed by atoms with Gasteiger partial charge in [-0.2, -0.15) is 0 Å². The molecule has 2 heterocycles. The van der Waals surface area contributed by atoms with Crippen LogP contribution in [0.5, 0.6) is 5.75 Å². The summed E-state index contributed by atoms with van der Waals surface area (Å²) in [6, 6.07) is 0. The number of carbonyl (C=O) groups excluding carboxylic acids is 1. The van der Waals surface area contributed by atoms with Crippen molar-refractivity contribution in [1.29, 1.82) is 0 Å². The summed E-state index contributed by atoms with van der Waals surface area (Å²) in [4.78, 5) is 15.5.